The number of benzene rings is 1. The van der Waals surface area contributed by atoms with E-state index >= 15 is 0 Å². The maximum Gasteiger partial charge on any atom is 0.280 e. The van der Waals surface area contributed by atoms with Crippen molar-refractivity contribution in [2.45, 2.75) is 42.1 Å². The Morgan fingerprint density at radius 2 is 2.00 bits per heavy atom. The van der Waals surface area contributed by atoms with Crippen molar-refractivity contribution in [1.82, 2.24) is 20.0 Å². The number of hydrogen-bond acceptors (Lipinski definition) is 11. The predicted molar refractivity (Wildman–Crippen MR) is 135 cm³/mol. The summed E-state index contributed by atoms with van der Waals surface area (Å²) in [5, 5.41) is 15.7. The zero-order chi connectivity index (χ0) is 26.0. The van der Waals surface area contributed by atoms with E-state index in [1.807, 2.05) is 4.90 Å². The summed E-state index contributed by atoms with van der Waals surface area (Å²) in [5.74, 6) is -0.511. The highest BCUT2D eigenvalue weighted by Gasteiger charge is 2.37. The van der Waals surface area contributed by atoms with E-state index in [-0.39, 0.29) is 33.0 Å². The van der Waals surface area contributed by atoms with Gasteiger partial charge in [-0.15, -0.1) is 10.2 Å². The number of sulfone groups is 1. The summed E-state index contributed by atoms with van der Waals surface area (Å²) in [4.78, 5) is 34.6. The van der Waals surface area contributed by atoms with Crippen molar-refractivity contribution in [2.24, 2.45) is 5.16 Å². The Bertz CT molecular complexity index is 1290. The molecule has 12 nitrogen and oxygen atoms in total. The number of oxime groups is 1. The minimum absolute atomic E-state index is 0.0105. The van der Waals surface area contributed by atoms with Crippen molar-refractivity contribution < 1.29 is 27.6 Å². The van der Waals surface area contributed by atoms with Crippen LogP contribution in [0.15, 0.2) is 34.3 Å². The van der Waals surface area contributed by atoms with Crippen molar-refractivity contribution >= 4 is 43.8 Å². The Labute approximate surface area is 218 Å². The first-order valence-electron chi connectivity index (χ1n) is 12.1. The summed E-state index contributed by atoms with van der Waals surface area (Å²) in [7, 11) is -1.57. The topological polar surface area (TPSA) is 143 Å². The monoisotopic (exact) mass is 548 g/mol. The molecule has 1 aromatic carbocycles. The molecule has 0 radical (unpaired) electrons. The number of carbonyl (C=O) groups excluding carboxylic acids is 2. The lowest BCUT2D eigenvalue weighted by atomic mass is 10.1. The molecule has 1 saturated carbocycles. The minimum atomic E-state index is -3.35. The highest BCUT2D eigenvalue weighted by molar-refractivity contribution is 7.92. The van der Waals surface area contributed by atoms with Gasteiger partial charge in [-0.05, 0) is 25.0 Å². The smallest absolute Gasteiger partial charge is 0.280 e. The molecular weight excluding hydrogens is 520 g/mol. The molecule has 0 spiro atoms. The van der Waals surface area contributed by atoms with Crippen molar-refractivity contribution in [2.75, 3.05) is 45.2 Å². The van der Waals surface area contributed by atoms with Crippen LogP contribution in [0.4, 0.5) is 5.13 Å². The molecule has 2 saturated heterocycles. The zero-order valence-corrected chi connectivity index (χ0v) is 22.0. The number of anilines is 1. The van der Waals surface area contributed by atoms with Crippen LogP contribution in [0.1, 0.15) is 29.8 Å². The number of carbonyl (C=O) groups is 2. The van der Waals surface area contributed by atoms with Gasteiger partial charge in [0, 0.05) is 32.1 Å². The Morgan fingerprint density at radius 1 is 1.22 bits per heavy atom. The Morgan fingerprint density at radius 3 is 2.68 bits per heavy atom. The van der Waals surface area contributed by atoms with Gasteiger partial charge >= 0.3 is 0 Å². The van der Waals surface area contributed by atoms with Gasteiger partial charge in [0.25, 0.3) is 5.91 Å². The molecule has 14 heteroatoms. The number of nitrogens with one attached hydrogen (secondary N) is 1. The minimum Gasteiger partial charge on any atom is -0.389 e. The number of amides is 2. The van der Waals surface area contributed by atoms with E-state index in [9.17, 15) is 18.0 Å². The van der Waals surface area contributed by atoms with Gasteiger partial charge in [-0.1, -0.05) is 28.6 Å². The molecule has 3 fully saturated rings. The molecule has 0 bridgehead atoms. The fourth-order valence-corrected chi connectivity index (χ4v) is 6.41. The number of piperazine rings is 1. The standard InChI is InChI=1S/C23H28N6O6S2/c1-28-9-10-29(13-20(28)30)12-19-25-26-23(36-19)24-22(31)21(27-35-16-8-11-34-14-16)15-2-4-17(5-3-15)37(32,33)18-6-7-18/h2-5,16,18H,6-14H2,1H3,(H,24,26,31)/b27-21+/t16-/m1/s1. The van der Waals surface area contributed by atoms with E-state index in [1.165, 1.54) is 23.5 Å². The molecule has 1 aliphatic carbocycles. The molecule has 0 unspecified atom stereocenters. The van der Waals surface area contributed by atoms with E-state index in [1.54, 1.807) is 24.1 Å². The normalized spacial score (nSPS) is 21.3. The van der Waals surface area contributed by atoms with Gasteiger partial charge in [0.1, 0.15) is 5.01 Å². The molecule has 3 aliphatic rings. The fraction of sp³-hybridized carbons (Fsp3) is 0.522. The van der Waals surface area contributed by atoms with Crippen LogP contribution in [0.3, 0.4) is 0 Å². The lowest BCUT2D eigenvalue weighted by molar-refractivity contribution is -0.134. The summed E-state index contributed by atoms with van der Waals surface area (Å²) < 4.78 is 30.4. The molecule has 3 heterocycles. The molecule has 198 valence electrons. The summed E-state index contributed by atoms with van der Waals surface area (Å²) in [6.07, 6.45) is 1.74. The molecule has 2 amide bonds. The van der Waals surface area contributed by atoms with Crippen molar-refractivity contribution in [3.05, 3.63) is 34.8 Å². The third-order valence-corrected chi connectivity index (χ3v) is 9.50. The van der Waals surface area contributed by atoms with Crippen molar-refractivity contribution in [3.8, 4) is 0 Å². The SMILES string of the molecule is CN1CCN(Cc2nnc(NC(=O)/C(=N/O[C@@H]3CCOC3)c3ccc(S(=O)(=O)C4CC4)cc3)s2)CC1=O. The van der Waals surface area contributed by atoms with Crippen LogP contribution in [0.5, 0.6) is 0 Å². The van der Waals surface area contributed by atoms with Crippen molar-refractivity contribution in [3.63, 3.8) is 0 Å². The maximum atomic E-state index is 13.2. The van der Waals surface area contributed by atoms with Gasteiger partial charge in [-0.2, -0.15) is 0 Å². The second kappa shape index (κ2) is 10.8. The molecule has 1 N–H and O–H groups in total. The van der Waals surface area contributed by atoms with E-state index in [0.717, 1.165) is 6.54 Å². The molecule has 1 atom stereocenters. The first-order valence-corrected chi connectivity index (χ1v) is 14.4. The first kappa shape index (κ1) is 25.7. The molecule has 2 aromatic rings. The van der Waals surface area contributed by atoms with Gasteiger partial charge < -0.3 is 14.5 Å². The average Bonchev–Trinajstić information content (AvgIpc) is 3.46. The third kappa shape index (κ3) is 6.14. The largest absolute Gasteiger partial charge is 0.389 e. The van der Waals surface area contributed by atoms with E-state index < -0.39 is 15.7 Å². The number of likely N-dealkylation sites (N-methyl/N-ethyl adjacent to an activating group) is 1. The van der Waals surface area contributed by atoms with Gasteiger partial charge in [0.2, 0.25) is 11.0 Å². The van der Waals surface area contributed by atoms with Crippen LogP contribution < -0.4 is 5.32 Å². The third-order valence-electron chi connectivity index (χ3n) is 6.40. The lowest BCUT2D eigenvalue weighted by Crippen LogP contribution is -2.47. The van der Waals surface area contributed by atoms with Crippen LogP contribution in [-0.2, 0) is 35.5 Å². The van der Waals surface area contributed by atoms with Gasteiger partial charge in [-0.25, -0.2) is 8.42 Å². The number of nitrogens with zero attached hydrogens (tertiary/aromatic N) is 5. The van der Waals surface area contributed by atoms with E-state index in [4.69, 9.17) is 9.57 Å². The Balaban J connectivity index is 1.29. The molecular formula is C23H28N6O6S2. The predicted octanol–water partition coefficient (Wildman–Crippen LogP) is 0.897. The van der Waals surface area contributed by atoms with Crippen LogP contribution in [0.2, 0.25) is 0 Å². The van der Waals surface area contributed by atoms with Crippen LogP contribution in [0.25, 0.3) is 0 Å². The van der Waals surface area contributed by atoms with Gasteiger partial charge in [0.05, 0.1) is 36.4 Å². The zero-order valence-electron chi connectivity index (χ0n) is 20.3. The Kier molecular flexibility index (Phi) is 7.51. The summed E-state index contributed by atoms with van der Waals surface area (Å²) in [5.41, 5.74) is 0.399. The second-order valence-corrected chi connectivity index (χ2v) is 12.6. The lowest BCUT2D eigenvalue weighted by Gasteiger charge is -2.31. The molecule has 5 rings (SSSR count). The molecule has 2 aliphatic heterocycles. The highest BCUT2D eigenvalue weighted by atomic mass is 32.2. The summed E-state index contributed by atoms with van der Waals surface area (Å²) in [6, 6.07) is 6.09. The molecule has 1 aromatic heterocycles. The highest BCUT2D eigenvalue weighted by Crippen LogP contribution is 2.33. The van der Waals surface area contributed by atoms with Crippen LogP contribution in [0, 0.1) is 0 Å². The summed E-state index contributed by atoms with van der Waals surface area (Å²) >= 11 is 1.21. The van der Waals surface area contributed by atoms with Crippen LogP contribution in [-0.4, -0.2) is 97.2 Å². The second-order valence-electron chi connectivity index (χ2n) is 9.28. The van der Waals surface area contributed by atoms with Gasteiger partial charge in [0.15, 0.2) is 21.7 Å². The number of ether oxygens (including phenoxy) is 1. The van der Waals surface area contributed by atoms with Crippen LogP contribution >= 0.6 is 11.3 Å². The summed E-state index contributed by atoms with van der Waals surface area (Å²) in [6.45, 7) is 3.08. The average molecular weight is 549 g/mol. The van der Waals surface area contributed by atoms with Crippen molar-refractivity contribution in [1.29, 1.82) is 0 Å². The Hall–Kier alpha value is -2.94. The first-order chi connectivity index (χ1) is 17.8. The quantitative estimate of drug-likeness (QED) is 0.357. The fourth-order valence-electron chi connectivity index (χ4n) is 3.98. The number of rotatable bonds is 9. The molecule has 37 heavy (non-hydrogen) atoms. The van der Waals surface area contributed by atoms with Gasteiger partial charge in [-0.3, -0.25) is 19.8 Å². The van der Waals surface area contributed by atoms with E-state index in [0.29, 0.717) is 62.7 Å². The number of hydrogen-bond donors (Lipinski definition) is 1. The number of aromatic nitrogens is 2. The van der Waals surface area contributed by atoms with E-state index in [2.05, 4.69) is 20.7 Å². The maximum absolute atomic E-state index is 13.2.